The lowest BCUT2D eigenvalue weighted by Gasteiger charge is -2.47. The fraction of sp³-hybridized carbons (Fsp3) is 1.00. The molecule has 1 saturated heterocycles. The summed E-state index contributed by atoms with van der Waals surface area (Å²) in [5.41, 5.74) is 0. The van der Waals surface area contributed by atoms with Gasteiger partial charge in [0.2, 0.25) is 0 Å². The Labute approximate surface area is 124 Å². The van der Waals surface area contributed by atoms with Crippen LogP contribution >= 0.6 is 11.8 Å². The van der Waals surface area contributed by atoms with Gasteiger partial charge in [-0.15, -0.1) is 0 Å². The Balaban J connectivity index is 1.98. The molecule has 1 aliphatic heterocycles. The normalized spacial score (nSPS) is 37.7. The van der Waals surface area contributed by atoms with Gasteiger partial charge in [-0.1, -0.05) is 26.7 Å². The maximum Gasteiger partial charge on any atom is 0.0218 e. The lowest BCUT2D eigenvalue weighted by Crippen LogP contribution is -2.61. The van der Waals surface area contributed by atoms with Crippen LogP contribution in [0.25, 0.3) is 0 Å². The van der Waals surface area contributed by atoms with Crippen LogP contribution in [0.3, 0.4) is 0 Å². The van der Waals surface area contributed by atoms with Gasteiger partial charge in [-0.25, -0.2) is 0 Å². The molecule has 2 rings (SSSR count). The van der Waals surface area contributed by atoms with Gasteiger partial charge in [0.1, 0.15) is 0 Å². The van der Waals surface area contributed by atoms with Crippen LogP contribution in [-0.4, -0.2) is 47.6 Å². The summed E-state index contributed by atoms with van der Waals surface area (Å²) >= 11 is 2.10. The molecule has 1 aliphatic carbocycles. The van der Waals surface area contributed by atoms with E-state index < -0.39 is 0 Å². The third-order valence-corrected chi connectivity index (χ3v) is 6.01. The second kappa shape index (κ2) is 7.33. The van der Waals surface area contributed by atoms with Crippen LogP contribution in [0.5, 0.6) is 0 Å². The van der Waals surface area contributed by atoms with E-state index in [9.17, 15) is 0 Å². The van der Waals surface area contributed by atoms with Crippen LogP contribution in [0.1, 0.15) is 52.9 Å². The van der Waals surface area contributed by atoms with Crippen molar-refractivity contribution in [3.8, 4) is 0 Å². The quantitative estimate of drug-likeness (QED) is 0.852. The standard InChI is InChI=1S/C16H32N2S/c1-12(2)9-14-11-18(13(3)10-17-14)15-7-5-6-8-16(15)19-4/h12-17H,5-11H2,1-4H3. The molecule has 0 bridgehead atoms. The third-order valence-electron chi connectivity index (χ3n) is 4.85. The van der Waals surface area contributed by atoms with Crippen molar-refractivity contribution in [3.63, 3.8) is 0 Å². The van der Waals surface area contributed by atoms with E-state index in [1.165, 1.54) is 45.2 Å². The summed E-state index contributed by atoms with van der Waals surface area (Å²) < 4.78 is 0. The third kappa shape index (κ3) is 4.12. The second-order valence-corrected chi connectivity index (χ2v) is 7.98. The van der Waals surface area contributed by atoms with E-state index in [4.69, 9.17) is 0 Å². The number of nitrogens with zero attached hydrogens (tertiary/aromatic N) is 1. The lowest BCUT2D eigenvalue weighted by molar-refractivity contribution is 0.0688. The number of nitrogens with one attached hydrogen (secondary N) is 1. The van der Waals surface area contributed by atoms with Gasteiger partial charge < -0.3 is 5.32 Å². The van der Waals surface area contributed by atoms with Crippen LogP contribution in [0, 0.1) is 5.92 Å². The van der Waals surface area contributed by atoms with E-state index in [1.54, 1.807) is 0 Å². The van der Waals surface area contributed by atoms with E-state index in [1.807, 2.05) is 0 Å². The first-order valence-electron chi connectivity index (χ1n) is 8.13. The van der Waals surface area contributed by atoms with Crippen molar-refractivity contribution in [2.45, 2.75) is 76.3 Å². The minimum atomic E-state index is 0.709. The van der Waals surface area contributed by atoms with Crippen LogP contribution in [0.4, 0.5) is 0 Å². The molecular formula is C16H32N2S. The zero-order valence-corrected chi connectivity index (χ0v) is 14.0. The summed E-state index contributed by atoms with van der Waals surface area (Å²) in [4.78, 5) is 2.84. The molecule has 1 saturated carbocycles. The predicted molar refractivity (Wildman–Crippen MR) is 87.0 cm³/mol. The van der Waals surface area contributed by atoms with Crippen molar-refractivity contribution < 1.29 is 0 Å². The summed E-state index contributed by atoms with van der Waals surface area (Å²) in [6, 6.07) is 2.25. The highest BCUT2D eigenvalue weighted by Crippen LogP contribution is 2.32. The smallest absolute Gasteiger partial charge is 0.0218 e. The molecule has 1 heterocycles. The number of thioether (sulfide) groups is 1. The van der Waals surface area contributed by atoms with Crippen molar-refractivity contribution in [2.24, 2.45) is 5.92 Å². The molecule has 2 fully saturated rings. The number of rotatable bonds is 4. The predicted octanol–water partition coefficient (Wildman–Crippen LogP) is 3.37. The minimum Gasteiger partial charge on any atom is -0.311 e. The highest BCUT2D eigenvalue weighted by Gasteiger charge is 2.35. The van der Waals surface area contributed by atoms with Crippen molar-refractivity contribution in [1.29, 1.82) is 0 Å². The van der Waals surface area contributed by atoms with Gasteiger partial charge in [-0.05, 0) is 38.4 Å². The minimum absolute atomic E-state index is 0.709. The van der Waals surface area contributed by atoms with E-state index in [-0.39, 0.29) is 0 Å². The van der Waals surface area contributed by atoms with Gasteiger partial charge in [-0.2, -0.15) is 11.8 Å². The Morgan fingerprint density at radius 3 is 2.68 bits per heavy atom. The molecule has 1 N–H and O–H groups in total. The molecule has 0 aromatic carbocycles. The molecule has 0 amide bonds. The fourth-order valence-electron chi connectivity index (χ4n) is 3.87. The molecular weight excluding hydrogens is 252 g/mol. The van der Waals surface area contributed by atoms with Crippen LogP contribution < -0.4 is 5.32 Å². The van der Waals surface area contributed by atoms with Gasteiger partial charge in [-0.3, -0.25) is 4.90 Å². The topological polar surface area (TPSA) is 15.3 Å². The number of piperazine rings is 1. The fourth-order valence-corrected chi connectivity index (χ4v) is 4.88. The van der Waals surface area contributed by atoms with Crippen molar-refractivity contribution in [3.05, 3.63) is 0 Å². The molecule has 0 radical (unpaired) electrons. The second-order valence-electron chi connectivity index (χ2n) is 6.91. The van der Waals surface area contributed by atoms with E-state index in [0.717, 1.165) is 17.2 Å². The average molecular weight is 285 g/mol. The summed E-state index contributed by atoms with van der Waals surface area (Å²) in [5.74, 6) is 0.801. The Hall–Kier alpha value is 0.270. The first-order chi connectivity index (χ1) is 9.11. The van der Waals surface area contributed by atoms with Crippen LogP contribution in [0.2, 0.25) is 0 Å². The van der Waals surface area contributed by atoms with Crippen molar-refractivity contribution >= 4 is 11.8 Å². The first-order valence-corrected chi connectivity index (χ1v) is 9.42. The number of hydrogen-bond acceptors (Lipinski definition) is 3. The van der Waals surface area contributed by atoms with Gasteiger partial charge in [0.05, 0.1) is 0 Å². The Morgan fingerprint density at radius 2 is 2.00 bits per heavy atom. The summed E-state index contributed by atoms with van der Waals surface area (Å²) in [6.45, 7) is 9.53. The van der Waals surface area contributed by atoms with E-state index in [2.05, 4.69) is 49.0 Å². The molecule has 0 aromatic rings. The van der Waals surface area contributed by atoms with Gasteiger partial charge >= 0.3 is 0 Å². The molecule has 19 heavy (non-hydrogen) atoms. The van der Waals surface area contributed by atoms with E-state index in [0.29, 0.717) is 12.1 Å². The first kappa shape index (κ1) is 15.7. The molecule has 3 heteroatoms. The Morgan fingerprint density at radius 1 is 1.26 bits per heavy atom. The molecule has 4 unspecified atom stereocenters. The zero-order chi connectivity index (χ0) is 13.8. The maximum absolute atomic E-state index is 3.75. The average Bonchev–Trinajstić information content (AvgIpc) is 2.40. The molecule has 2 nitrogen and oxygen atoms in total. The molecule has 112 valence electrons. The molecule has 2 aliphatic rings. The number of hydrogen-bond donors (Lipinski definition) is 1. The summed E-state index contributed by atoms with van der Waals surface area (Å²) in [6.07, 6.45) is 9.36. The maximum atomic E-state index is 3.75. The highest BCUT2D eigenvalue weighted by atomic mass is 32.2. The van der Waals surface area contributed by atoms with Crippen molar-refractivity contribution in [2.75, 3.05) is 19.3 Å². The molecule has 0 aromatic heterocycles. The lowest BCUT2D eigenvalue weighted by atomic mass is 9.90. The molecule has 4 atom stereocenters. The SMILES string of the molecule is CSC1CCCCC1N1CC(CC(C)C)NCC1C. The van der Waals surface area contributed by atoms with Gasteiger partial charge in [0.15, 0.2) is 0 Å². The van der Waals surface area contributed by atoms with Crippen LogP contribution in [-0.2, 0) is 0 Å². The van der Waals surface area contributed by atoms with Crippen molar-refractivity contribution in [1.82, 2.24) is 10.2 Å². The van der Waals surface area contributed by atoms with Gasteiger partial charge in [0.25, 0.3) is 0 Å². The highest BCUT2D eigenvalue weighted by molar-refractivity contribution is 7.99. The van der Waals surface area contributed by atoms with Gasteiger partial charge in [0, 0.05) is 36.5 Å². The van der Waals surface area contributed by atoms with E-state index >= 15 is 0 Å². The zero-order valence-electron chi connectivity index (χ0n) is 13.2. The van der Waals surface area contributed by atoms with Crippen LogP contribution in [0.15, 0.2) is 0 Å². The summed E-state index contributed by atoms with van der Waals surface area (Å²) in [5, 5.41) is 4.62. The Bertz CT molecular complexity index is 269. The Kier molecular flexibility index (Phi) is 6.04. The largest absolute Gasteiger partial charge is 0.311 e. The molecule has 0 spiro atoms. The monoisotopic (exact) mass is 284 g/mol. The summed E-state index contributed by atoms with van der Waals surface area (Å²) in [7, 11) is 0.